The standard InChI is InChI=1S/C63H98N18O13S/c1-37(2)33-45(57(89)74-41(53(68)85)27-32-95-3)73-52(84)36-72-54(86)46(34-38-15-6-4-7-16-38)78-58(90)47(35-39-17-8-5-9-18-39)79-56(88)42(23-25-50(66)82)75-55(87)43(24-26-51(67)83)76-59(91)49-22-14-31-81(49)62(94)44(20-10-11-28-64)77-60(92)48-21-13-30-80(48)61(93)40(65)19-12-29-71-63(69)70/h4-9,15-18,37,40-49H,10-14,19-36,64-65H2,1-3H3,(H2,66,82)(H2,67,83)(H2,68,85)(H,72,86)(H,73,84)(H,74,89)(H,75,87)(H,76,91)(H,77,92)(H,78,90)(H,79,88)(H4,69,70,71)/t40-,41-,42+,43-,44+,45+,46+,47+,48+,49+/m0/s1. The van der Waals surface area contributed by atoms with Crippen molar-refractivity contribution in [3.05, 3.63) is 71.8 Å². The number of nitrogens with zero attached hydrogens (tertiary/aromatic N) is 3. The summed E-state index contributed by atoms with van der Waals surface area (Å²) in [5.41, 5.74) is 40.6. The van der Waals surface area contributed by atoms with E-state index in [-0.39, 0.29) is 83.0 Å². The van der Waals surface area contributed by atoms with Gasteiger partial charge < -0.3 is 92.5 Å². The molecular formula is C63H98N18O13S. The molecule has 13 amide bonds. The largest absolute Gasteiger partial charge is 0.370 e. The molecule has 95 heavy (non-hydrogen) atoms. The lowest BCUT2D eigenvalue weighted by Gasteiger charge is -2.32. The Balaban J connectivity index is 1.56. The van der Waals surface area contributed by atoms with E-state index >= 15 is 0 Å². The van der Waals surface area contributed by atoms with E-state index in [1.165, 1.54) is 21.6 Å². The maximum atomic E-state index is 14.7. The minimum atomic E-state index is -1.64. The molecule has 0 aliphatic carbocycles. The van der Waals surface area contributed by atoms with Crippen molar-refractivity contribution in [2.45, 2.75) is 183 Å². The summed E-state index contributed by atoms with van der Waals surface area (Å²) in [7, 11) is 0. The molecule has 22 N–H and O–H groups in total. The number of aliphatic imine (C=N–C) groups is 1. The van der Waals surface area contributed by atoms with Crippen molar-refractivity contribution in [1.82, 2.24) is 52.3 Å². The number of unbranched alkanes of at least 4 members (excludes halogenated alkanes) is 1. The summed E-state index contributed by atoms with van der Waals surface area (Å²) in [6.45, 7) is 3.86. The van der Waals surface area contributed by atoms with E-state index in [0.29, 0.717) is 55.4 Å². The van der Waals surface area contributed by atoms with Crippen LogP contribution in [0.1, 0.15) is 121 Å². The van der Waals surface area contributed by atoms with Gasteiger partial charge in [-0.1, -0.05) is 74.5 Å². The third-order valence-corrected chi connectivity index (χ3v) is 16.7. The predicted octanol–water partition coefficient (Wildman–Crippen LogP) is -3.71. The molecular weight excluding hydrogens is 1250 g/mol. The summed E-state index contributed by atoms with van der Waals surface area (Å²) in [5, 5.41) is 21.1. The average Bonchev–Trinajstić information content (AvgIpc) is 1.74. The first kappa shape index (κ1) is 78.5. The van der Waals surface area contributed by atoms with Gasteiger partial charge in [0.25, 0.3) is 0 Å². The van der Waals surface area contributed by atoms with Gasteiger partial charge in [-0.25, -0.2) is 0 Å². The highest BCUT2D eigenvalue weighted by Gasteiger charge is 2.42. The lowest BCUT2D eigenvalue weighted by atomic mass is 10.0. The molecule has 2 heterocycles. The predicted molar refractivity (Wildman–Crippen MR) is 356 cm³/mol. The lowest BCUT2D eigenvalue weighted by molar-refractivity contribution is -0.144. The summed E-state index contributed by atoms with van der Waals surface area (Å²) in [5.74, 6) is -9.80. The molecule has 0 saturated carbocycles. The van der Waals surface area contributed by atoms with Crippen LogP contribution in [-0.4, -0.2) is 198 Å². The lowest BCUT2D eigenvalue weighted by Crippen LogP contribution is -2.60. The number of amides is 13. The van der Waals surface area contributed by atoms with Crippen molar-refractivity contribution in [2.75, 3.05) is 44.7 Å². The first-order chi connectivity index (χ1) is 45.2. The molecule has 2 aromatic rings. The number of nitrogens with one attached hydrogen (secondary N) is 8. The monoisotopic (exact) mass is 1350 g/mol. The van der Waals surface area contributed by atoms with Gasteiger partial charge in [0.05, 0.1) is 12.6 Å². The molecule has 0 spiro atoms. The molecule has 2 saturated heterocycles. The number of hydrogen-bond donors (Lipinski definition) is 15. The number of benzene rings is 2. The molecule has 4 rings (SSSR count). The average molecular weight is 1350 g/mol. The second-order valence-electron chi connectivity index (χ2n) is 24.1. The van der Waals surface area contributed by atoms with E-state index in [4.69, 9.17) is 40.1 Å². The summed E-state index contributed by atoms with van der Waals surface area (Å²) in [6, 6.07) is 4.51. The molecule has 0 radical (unpaired) electrons. The zero-order valence-corrected chi connectivity index (χ0v) is 55.3. The molecule has 32 heteroatoms. The van der Waals surface area contributed by atoms with Gasteiger partial charge in [-0.3, -0.25) is 67.3 Å². The molecule has 2 aliphatic rings. The van der Waals surface area contributed by atoms with Crippen LogP contribution < -0.4 is 82.7 Å². The Labute approximate surface area is 558 Å². The number of thioether (sulfide) groups is 1. The maximum Gasteiger partial charge on any atom is 0.245 e. The first-order valence-electron chi connectivity index (χ1n) is 32.2. The van der Waals surface area contributed by atoms with Gasteiger partial charge in [0.2, 0.25) is 76.8 Å². The van der Waals surface area contributed by atoms with Crippen molar-refractivity contribution >= 4 is 94.5 Å². The summed E-state index contributed by atoms with van der Waals surface area (Å²) in [4.78, 5) is 185. The van der Waals surface area contributed by atoms with Crippen molar-refractivity contribution in [3.8, 4) is 0 Å². The molecule has 0 aromatic heterocycles. The van der Waals surface area contributed by atoms with E-state index in [0.717, 1.165) is 0 Å². The van der Waals surface area contributed by atoms with Gasteiger partial charge in [0, 0.05) is 45.3 Å². The summed E-state index contributed by atoms with van der Waals surface area (Å²) in [6.07, 6.45) is 3.12. The van der Waals surface area contributed by atoms with Crippen LogP contribution in [-0.2, 0) is 75.2 Å². The molecule has 2 fully saturated rings. The van der Waals surface area contributed by atoms with Crippen LogP contribution in [0.2, 0.25) is 0 Å². The first-order valence-corrected chi connectivity index (χ1v) is 33.6. The van der Waals surface area contributed by atoms with Gasteiger partial charge in [-0.05, 0) is 119 Å². The number of rotatable bonds is 42. The number of likely N-dealkylation sites (tertiary alicyclic amines) is 2. The number of hydrogen-bond acceptors (Lipinski definition) is 17. The fourth-order valence-electron chi connectivity index (χ4n) is 11.0. The number of primary amides is 3. The Kier molecular flexibility index (Phi) is 33.9. The minimum absolute atomic E-state index is 0.0736. The van der Waals surface area contributed by atoms with E-state index in [9.17, 15) is 62.3 Å². The van der Waals surface area contributed by atoms with Crippen LogP contribution in [0.25, 0.3) is 0 Å². The zero-order chi connectivity index (χ0) is 70.1. The Morgan fingerprint density at radius 1 is 0.537 bits per heavy atom. The molecule has 0 unspecified atom stereocenters. The minimum Gasteiger partial charge on any atom is -0.370 e. The van der Waals surface area contributed by atoms with Crippen LogP contribution in [0.3, 0.4) is 0 Å². The van der Waals surface area contributed by atoms with Crippen molar-refractivity contribution < 1.29 is 62.3 Å². The second kappa shape index (κ2) is 41.0. The van der Waals surface area contributed by atoms with Crippen molar-refractivity contribution in [3.63, 3.8) is 0 Å². The van der Waals surface area contributed by atoms with E-state index in [1.807, 2.05) is 20.1 Å². The number of guanidine groups is 1. The Hall–Kier alpha value is -8.91. The molecule has 0 bridgehead atoms. The topological polar surface area (TPSA) is 519 Å². The van der Waals surface area contributed by atoms with Gasteiger partial charge in [0.15, 0.2) is 5.96 Å². The van der Waals surface area contributed by atoms with Crippen LogP contribution >= 0.6 is 11.8 Å². The highest BCUT2D eigenvalue weighted by molar-refractivity contribution is 7.98. The van der Waals surface area contributed by atoms with E-state index < -0.39 is 169 Å². The summed E-state index contributed by atoms with van der Waals surface area (Å²) >= 11 is 1.45. The molecule has 31 nitrogen and oxygen atoms in total. The van der Waals surface area contributed by atoms with Crippen LogP contribution in [0, 0.1) is 5.92 Å². The highest BCUT2D eigenvalue weighted by atomic mass is 32.2. The fraction of sp³-hybridized carbons (Fsp3) is 0.587. The molecule has 2 aliphatic heterocycles. The van der Waals surface area contributed by atoms with Crippen molar-refractivity contribution in [1.29, 1.82) is 0 Å². The maximum absolute atomic E-state index is 14.7. The van der Waals surface area contributed by atoms with Crippen LogP contribution in [0.4, 0.5) is 0 Å². The third-order valence-electron chi connectivity index (χ3n) is 16.0. The summed E-state index contributed by atoms with van der Waals surface area (Å²) < 4.78 is 0. The van der Waals surface area contributed by atoms with Gasteiger partial charge in [-0.2, -0.15) is 11.8 Å². The van der Waals surface area contributed by atoms with Crippen LogP contribution in [0.5, 0.6) is 0 Å². The molecule has 2 aromatic carbocycles. The number of carbonyl (C=O) groups excluding carboxylic acids is 13. The van der Waals surface area contributed by atoms with E-state index in [2.05, 4.69) is 47.5 Å². The highest BCUT2D eigenvalue weighted by Crippen LogP contribution is 2.24. The molecule has 524 valence electrons. The Bertz CT molecular complexity index is 2960. The molecule has 10 atom stereocenters. The fourth-order valence-corrected chi connectivity index (χ4v) is 11.5. The van der Waals surface area contributed by atoms with Crippen molar-refractivity contribution in [2.24, 2.45) is 51.0 Å². The van der Waals surface area contributed by atoms with Gasteiger partial charge in [-0.15, -0.1) is 0 Å². The van der Waals surface area contributed by atoms with Gasteiger partial charge in [0.1, 0.15) is 54.4 Å². The Morgan fingerprint density at radius 2 is 1.01 bits per heavy atom. The normalized spacial score (nSPS) is 16.8. The van der Waals surface area contributed by atoms with Gasteiger partial charge >= 0.3 is 0 Å². The zero-order valence-electron chi connectivity index (χ0n) is 54.5. The Morgan fingerprint density at radius 3 is 1.51 bits per heavy atom. The quantitative estimate of drug-likeness (QED) is 0.0173. The smallest absolute Gasteiger partial charge is 0.245 e. The van der Waals surface area contributed by atoms with Crippen LogP contribution in [0.15, 0.2) is 65.7 Å². The second-order valence-corrected chi connectivity index (χ2v) is 25.1. The third kappa shape index (κ3) is 27.5. The number of nitrogens with two attached hydrogens (primary N) is 7. The number of carbonyl (C=O) groups is 13. The SMILES string of the molecule is CSCC[C@H](NC(=O)[C@@H](CC(C)C)NC(=O)CNC(=O)[C@@H](Cc1ccccc1)NC(=O)[C@@H](Cc1ccccc1)NC(=O)[C@@H](CCC(N)=O)NC(=O)[C@H](CCC(N)=O)NC(=O)[C@H]1CCCN1C(=O)[C@@H](CCCCN)NC(=O)[C@H]1CCCN1C(=O)[C@@H](N)CCCN=C(N)N)C(N)=O. The van der Waals surface area contributed by atoms with E-state index in [1.54, 1.807) is 60.7 Å².